The molecule has 0 aliphatic carbocycles. The zero-order valence-electron chi connectivity index (χ0n) is 11.0. The molecule has 0 radical (unpaired) electrons. The number of hydrogen-bond acceptors (Lipinski definition) is 2. The Morgan fingerprint density at radius 2 is 2.16 bits per heavy atom. The second kappa shape index (κ2) is 6.89. The number of rotatable bonds is 5. The molecule has 1 aromatic heterocycles. The van der Waals surface area contributed by atoms with Gasteiger partial charge in [-0.05, 0) is 60.7 Å². The van der Waals surface area contributed by atoms with Crippen molar-refractivity contribution in [2.75, 3.05) is 6.54 Å². The van der Waals surface area contributed by atoms with E-state index in [0.717, 1.165) is 22.5 Å². The van der Waals surface area contributed by atoms with E-state index in [4.69, 9.17) is 11.6 Å². The van der Waals surface area contributed by atoms with Crippen molar-refractivity contribution in [1.82, 2.24) is 5.32 Å². The smallest absolute Gasteiger partial charge is 0.0685 e. The van der Waals surface area contributed by atoms with Crippen molar-refractivity contribution in [3.8, 4) is 0 Å². The van der Waals surface area contributed by atoms with Crippen molar-refractivity contribution < 1.29 is 0 Å². The number of nitrogens with one attached hydrogen (secondary N) is 1. The third-order valence-electron chi connectivity index (χ3n) is 3.03. The first kappa shape index (κ1) is 15.0. The Balaban J connectivity index is 2.42. The summed E-state index contributed by atoms with van der Waals surface area (Å²) in [6.07, 6.45) is 1.11. The average Bonchev–Trinajstić information content (AvgIpc) is 2.80. The number of halogens is 2. The maximum atomic E-state index is 6.15. The number of aryl methyl sites for hydroxylation is 1. The normalized spacial score (nSPS) is 12.6. The first-order valence-electron chi connectivity index (χ1n) is 6.35. The minimum atomic E-state index is 0.202. The maximum Gasteiger partial charge on any atom is 0.0685 e. The minimum Gasteiger partial charge on any atom is -0.306 e. The SMILES string of the molecule is CCCNC(c1cc(Cl)ccc1Br)c1sccc1C. The first-order chi connectivity index (χ1) is 9.13. The summed E-state index contributed by atoms with van der Waals surface area (Å²) in [7, 11) is 0. The minimum absolute atomic E-state index is 0.202. The van der Waals surface area contributed by atoms with E-state index in [0.29, 0.717) is 0 Å². The fourth-order valence-electron chi connectivity index (χ4n) is 2.05. The lowest BCUT2D eigenvalue weighted by molar-refractivity contribution is 0.602. The van der Waals surface area contributed by atoms with Gasteiger partial charge in [-0.1, -0.05) is 34.5 Å². The highest BCUT2D eigenvalue weighted by atomic mass is 79.9. The van der Waals surface area contributed by atoms with E-state index in [1.807, 2.05) is 18.2 Å². The summed E-state index contributed by atoms with van der Waals surface area (Å²) < 4.78 is 1.10. The Bertz CT molecular complexity index is 553. The zero-order valence-corrected chi connectivity index (χ0v) is 14.2. The molecule has 0 bridgehead atoms. The van der Waals surface area contributed by atoms with Crippen LogP contribution in [0, 0.1) is 6.92 Å². The molecule has 1 N–H and O–H groups in total. The van der Waals surface area contributed by atoms with Gasteiger partial charge in [-0.25, -0.2) is 0 Å². The number of benzene rings is 1. The average molecular weight is 359 g/mol. The molecule has 1 atom stereocenters. The molecule has 4 heteroatoms. The van der Waals surface area contributed by atoms with Gasteiger partial charge >= 0.3 is 0 Å². The van der Waals surface area contributed by atoms with Gasteiger partial charge in [0.1, 0.15) is 0 Å². The molecule has 0 spiro atoms. The Labute approximate surface area is 132 Å². The fourth-order valence-corrected chi connectivity index (χ4v) is 3.72. The topological polar surface area (TPSA) is 12.0 Å². The molecule has 0 saturated carbocycles. The van der Waals surface area contributed by atoms with Crippen LogP contribution in [0.1, 0.15) is 35.4 Å². The van der Waals surface area contributed by atoms with Gasteiger partial charge in [-0.15, -0.1) is 11.3 Å². The Kier molecular flexibility index (Phi) is 5.46. The van der Waals surface area contributed by atoms with Gasteiger partial charge in [0.2, 0.25) is 0 Å². The summed E-state index contributed by atoms with van der Waals surface area (Å²) in [5.74, 6) is 0. The van der Waals surface area contributed by atoms with Gasteiger partial charge in [-0.2, -0.15) is 0 Å². The van der Waals surface area contributed by atoms with Crippen LogP contribution in [0.2, 0.25) is 5.02 Å². The van der Waals surface area contributed by atoms with Gasteiger partial charge in [-0.3, -0.25) is 0 Å². The lowest BCUT2D eigenvalue weighted by Gasteiger charge is -2.20. The van der Waals surface area contributed by atoms with Crippen molar-refractivity contribution in [2.45, 2.75) is 26.3 Å². The van der Waals surface area contributed by atoms with Crippen molar-refractivity contribution >= 4 is 38.9 Å². The van der Waals surface area contributed by atoms with Crippen LogP contribution in [-0.4, -0.2) is 6.54 Å². The van der Waals surface area contributed by atoms with Crippen LogP contribution in [0.15, 0.2) is 34.1 Å². The summed E-state index contributed by atoms with van der Waals surface area (Å²) in [6, 6.07) is 8.33. The van der Waals surface area contributed by atoms with Crippen LogP contribution in [-0.2, 0) is 0 Å². The molecule has 1 nitrogen and oxygen atoms in total. The van der Waals surface area contributed by atoms with Gasteiger partial charge in [0.05, 0.1) is 6.04 Å². The lowest BCUT2D eigenvalue weighted by atomic mass is 10.0. The summed E-state index contributed by atoms with van der Waals surface area (Å²) in [6.45, 7) is 5.32. The van der Waals surface area contributed by atoms with Crippen LogP contribution in [0.3, 0.4) is 0 Å². The molecule has 2 rings (SSSR count). The van der Waals surface area contributed by atoms with Crippen molar-refractivity contribution in [1.29, 1.82) is 0 Å². The molecule has 1 heterocycles. The van der Waals surface area contributed by atoms with Gasteiger partial charge in [0.25, 0.3) is 0 Å². The van der Waals surface area contributed by atoms with Gasteiger partial charge < -0.3 is 5.32 Å². The van der Waals surface area contributed by atoms with E-state index < -0.39 is 0 Å². The molecule has 1 unspecified atom stereocenters. The third-order valence-corrected chi connectivity index (χ3v) is 5.07. The van der Waals surface area contributed by atoms with E-state index in [2.05, 4.69) is 46.5 Å². The number of hydrogen-bond donors (Lipinski definition) is 1. The molecule has 0 fully saturated rings. The van der Waals surface area contributed by atoms with Crippen molar-refractivity contribution in [3.63, 3.8) is 0 Å². The van der Waals surface area contributed by atoms with E-state index in [-0.39, 0.29) is 6.04 Å². The molecular weight excluding hydrogens is 342 g/mol. The van der Waals surface area contributed by atoms with E-state index in [9.17, 15) is 0 Å². The Hall–Kier alpha value is -0.350. The molecule has 0 amide bonds. The lowest BCUT2D eigenvalue weighted by Crippen LogP contribution is -2.23. The standard InChI is InChI=1S/C15H17BrClNS/c1-3-7-18-14(15-10(2)6-8-19-15)12-9-11(17)4-5-13(12)16/h4-6,8-9,14,18H,3,7H2,1-2H3. The number of thiophene rings is 1. The van der Waals surface area contributed by atoms with Crippen LogP contribution in [0.5, 0.6) is 0 Å². The van der Waals surface area contributed by atoms with E-state index in [1.54, 1.807) is 11.3 Å². The monoisotopic (exact) mass is 357 g/mol. The predicted octanol–water partition coefficient (Wildman–Crippen LogP) is 5.56. The summed E-state index contributed by atoms with van der Waals surface area (Å²) in [4.78, 5) is 1.36. The summed E-state index contributed by atoms with van der Waals surface area (Å²) >= 11 is 11.6. The highest BCUT2D eigenvalue weighted by Gasteiger charge is 2.19. The molecule has 1 aromatic carbocycles. The fraction of sp³-hybridized carbons (Fsp3) is 0.333. The summed E-state index contributed by atoms with van der Waals surface area (Å²) in [5, 5.41) is 6.54. The van der Waals surface area contributed by atoms with Crippen molar-refractivity contribution in [3.05, 3.63) is 55.1 Å². The van der Waals surface area contributed by atoms with Gasteiger partial charge in [0, 0.05) is 14.4 Å². The predicted molar refractivity (Wildman–Crippen MR) is 88.3 cm³/mol. The van der Waals surface area contributed by atoms with E-state index in [1.165, 1.54) is 16.0 Å². The molecule has 2 aromatic rings. The maximum absolute atomic E-state index is 6.15. The second-order valence-corrected chi connectivity index (χ2v) is 6.76. The highest BCUT2D eigenvalue weighted by molar-refractivity contribution is 9.10. The summed E-state index contributed by atoms with van der Waals surface area (Å²) in [5.41, 5.74) is 2.52. The van der Waals surface area contributed by atoms with Crippen molar-refractivity contribution in [2.24, 2.45) is 0 Å². The van der Waals surface area contributed by atoms with Crippen LogP contribution in [0.4, 0.5) is 0 Å². The molecular formula is C15H17BrClNS. The van der Waals surface area contributed by atoms with E-state index >= 15 is 0 Å². The second-order valence-electron chi connectivity index (χ2n) is 4.52. The Morgan fingerprint density at radius 3 is 2.79 bits per heavy atom. The third kappa shape index (κ3) is 3.60. The van der Waals surface area contributed by atoms with Crippen LogP contribution in [0.25, 0.3) is 0 Å². The molecule has 102 valence electrons. The zero-order chi connectivity index (χ0) is 13.8. The van der Waals surface area contributed by atoms with Crippen LogP contribution < -0.4 is 5.32 Å². The van der Waals surface area contributed by atoms with Gasteiger partial charge in [0.15, 0.2) is 0 Å². The van der Waals surface area contributed by atoms with Crippen LogP contribution >= 0.6 is 38.9 Å². The largest absolute Gasteiger partial charge is 0.306 e. The quantitative estimate of drug-likeness (QED) is 0.737. The molecule has 0 saturated heterocycles. The molecule has 19 heavy (non-hydrogen) atoms. The highest BCUT2D eigenvalue weighted by Crippen LogP contribution is 2.34. The first-order valence-corrected chi connectivity index (χ1v) is 8.41. The molecule has 0 aliphatic heterocycles. The Morgan fingerprint density at radius 1 is 1.37 bits per heavy atom. The molecule has 0 aliphatic rings.